The molecule has 0 aliphatic carbocycles. The maximum atomic E-state index is 12.2. The van der Waals surface area contributed by atoms with Gasteiger partial charge in [-0.3, -0.25) is 9.59 Å². The summed E-state index contributed by atoms with van der Waals surface area (Å²) < 4.78 is 26.6. The van der Waals surface area contributed by atoms with Crippen molar-refractivity contribution in [3.8, 4) is 0 Å². The molecule has 2 rings (SSSR count). The molecule has 0 saturated carbocycles. The highest BCUT2D eigenvalue weighted by Gasteiger charge is 2.29. The number of hydrogen-bond acceptors (Lipinski definition) is 4. The first-order chi connectivity index (χ1) is 9.76. The Kier molecular flexibility index (Phi) is 4.02. The van der Waals surface area contributed by atoms with Crippen molar-refractivity contribution >= 4 is 27.6 Å². The van der Waals surface area contributed by atoms with Crippen LogP contribution in [0.4, 0.5) is 5.69 Å². The molecule has 0 radical (unpaired) electrons. The van der Waals surface area contributed by atoms with Crippen LogP contribution in [-0.2, 0) is 19.6 Å². The van der Waals surface area contributed by atoms with E-state index < -0.39 is 28.0 Å². The third-order valence-electron chi connectivity index (χ3n) is 3.45. The summed E-state index contributed by atoms with van der Waals surface area (Å²) in [7, 11) is -3.95. The van der Waals surface area contributed by atoms with Gasteiger partial charge in [0.15, 0.2) is 0 Å². The minimum Gasteiger partial charge on any atom is -0.480 e. The van der Waals surface area contributed by atoms with Crippen LogP contribution in [0.1, 0.15) is 31.7 Å². The van der Waals surface area contributed by atoms with Gasteiger partial charge in [-0.05, 0) is 37.1 Å². The fraction of sp³-hybridized carbons (Fsp3) is 0.385. The molecule has 0 saturated heterocycles. The van der Waals surface area contributed by atoms with E-state index in [-0.39, 0.29) is 17.2 Å². The smallest absolute Gasteiger partial charge is 0.321 e. The van der Waals surface area contributed by atoms with Crippen molar-refractivity contribution in [1.82, 2.24) is 4.72 Å². The van der Waals surface area contributed by atoms with Crippen molar-refractivity contribution < 1.29 is 23.1 Å². The molecular weight excluding hydrogens is 296 g/mol. The van der Waals surface area contributed by atoms with Gasteiger partial charge in [0.05, 0.1) is 10.8 Å². The number of benzene rings is 1. The average Bonchev–Trinajstić information content (AvgIpc) is 2.71. The molecule has 1 amide bonds. The highest BCUT2D eigenvalue weighted by molar-refractivity contribution is 7.89. The van der Waals surface area contributed by atoms with Gasteiger partial charge in [-0.2, -0.15) is 4.72 Å². The number of sulfonamides is 1. The zero-order valence-corrected chi connectivity index (χ0v) is 12.4. The van der Waals surface area contributed by atoms with Gasteiger partial charge in [0.25, 0.3) is 0 Å². The summed E-state index contributed by atoms with van der Waals surface area (Å²) in [4.78, 5) is 22.4. The number of carbonyl (C=O) groups excluding carboxylic acids is 1. The van der Waals surface area contributed by atoms with Gasteiger partial charge in [-0.1, -0.05) is 6.92 Å². The molecule has 2 unspecified atom stereocenters. The quantitative estimate of drug-likeness (QED) is 0.747. The molecule has 1 aromatic carbocycles. The molecule has 1 aromatic rings. The molecule has 114 valence electrons. The SMILES string of the molecule is CCC(NS(=O)(=O)c1ccc2c(c1)C(C)C(=O)N2)C(=O)O. The minimum absolute atomic E-state index is 0.0516. The first kappa shape index (κ1) is 15.5. The standard InChI is InChI=1S/C13H16N2O5S/c1-3-10(13(17)18)15-21(19,20)8-4-5-11-9(6-8)7(2)12(16)14-11/h4-7,10,15H,3H2,1-2H3,(H,14,16)(H,17,18). The van der Waals surface area contributed by atoms with Crippen LogP contribution in [0.2, 0.25) is 0 Å². The summed E-state index contributed by atoms with van der Waals surface area (Å²) >= 11 is 0. The number of amides is 1. The predicted octanol–water partition coefficient (Wildman–Crippen LogP) is 0.884. The summed E-state index contributed by atoms with van der Waals surface area (Å²) in [6.45, 7) is 3.26. The van der Waals surface area contributed by atoms with Crippen LogP contribution in [0.3, 0.4) is 0 Å². The largest absolute Gasteiger partial charge is 0.480 e. The topological polar surface area (TPSA) is 113 Å². The molecule has 2 atom stereocenters. The Bertz CT molecular complexity index is 699. The molecule has 21 heavy (non-hydrogen) atoms. The van der Waals surface area contributed by atoms with E-state index in [2.05, 4.69) is 10.0 Å². The Labute approximate surface area is 122 Å². The third-order valence-corrected chi connectivity index (χ3v) is 4.92. The van der Waals surface area contributed by atoms with Crippen LogP contribution >= 0.6 is 0 Å². The first-order valence-corrected chi connectivity index (χ1v) is 7.94. The lowest BCUT2D eigenvalue weighted by Gasteiger charge is -2.13. The number of hydrogen-bond donors (Lipinski definition) is 3. The van der Waals surface area contributed by atoms with Crippen LogP contribution in [0, 0.1) is 0 Å². The van der Waals surface area contributed by atoms with Gasteiger partial charge in [-0.15, -0.1) is 0 Å². The second-order valence-electron chi connectivity index (χ2n) is 4.88. The molecule has 1 heterocycles. The van der Waals surface area contributed by atoms with E-state index >= 15 is 0 Å². The molecular formula is C13H16N2O5S. The maximum Gasteiger partial charge on any atom is 0.321 e. The first-order valence-electron chi connectivity index (χ1n) is 6.46. The van der Waals surface area contributed by atoms with Crippen molar-refractivity contribution in [2.45, 2.75) is 37.1 Å². The van der Waals surface area contributed by atoms with Crippen molar-refractivity contribution in [2.24, 2.45) is 0 Å². The highest BCUT2D eigenvalue weighted by atomic mass is 32.2. The maximum absolute atomic E-state index is 12.2. The van der Waals surface area contributed by atoms with Gasteiger partial charge in [-0.25, -0.2) is 8.42 Å². The minimum atomic E-state index is -3.95. The molecule has 3 N–H and O–H groups in total. The van der Waals surface area contributed by atoms with Crippen molar-refractivity contribution in [2.75, 3.05) is 5.32 Å². The highest BCUT2D eigenvalue weighted by Crippen LogP contribution is 2.33. The summed E-state index contributed by atoms with van der Waals surface area (Å²) in [6.07, 6.45) is 0.135. The van der Waals surface area contributed by atoms with Crippen molar-refractivity contribution in [3.05, 3.63) is 23.8 Å². The third kappa shape index (κ3) is 2.91. The number of nitrogens with one attached hydrogen (secondary N) is 2. The number of fused-ring (bicyclic) bond motifs is 1. The molecule has 0 aromatic heterocycles. The van der Waals surface area contributed by atoms with Crippen LogP contribution in [0.15, 0.2) is 23.1 Å². The Balaban J connectivity index is 2.34. The lowest BCUT2D eigenvalue weighted by Crippen LogP contribution is -2.40. The Hall–Kier alpha value is -1.93. The fourth-order valence-corrected chi connectivity index (χ4v) is 3.43. The Morgan fingerprint density at radius 1 is 1.48 bits per heavy atom. The van der Waals surface area contributed by atoms with E-state index in [1.807, 2.05) is 0 Å². The van der Waals surface area contributed by atoms with E-state index in [1.54, 1.807) is 13.8 Å². The number of carboxylic acid groups (broad SMARTS) is 1. The molecule has 0 fully saturated rings. The van der Waals surface area contributed by atoms with E-state index in [0.29, 0.717) is 11.3 Å². The molecule has 1 aliphatic rings. The zero-order chi connectivity index (χ0) is 15.8. The molecule has 7 nitrogen and oxygen atoms in total. The van der Waals surface area contributed by atoms with E-state index in [4.69, 9.17) is 5.11 Å². The lowest BCUT2D eigenvalue weighted by atomic mass is 10.0. The number of aliphatic carboxylic acids is 1. The van der Waals surface area contributed by atoms with Gasteiger partial charge < -0.3 is 10.4 Å². The number of carboxylic acids is 1. The second kappa shape index (κ2) is 5.45. The van der Waals surface area contributed by atoms with Crippen molar-refractivity contribution in [3.63, 3.8) is 0 Å². The van der Waals surface area contributed by atoms with Crippen LogP contribution in [0.25, 0.3) is 0 Å². The monoisotopic (exact) mass is 312 g/mol. The predicted molar refractivity (Wildman–Crippen MR) is 75.5 cm³/mol. The summed E-state index contributed by atoms with van der Waals surface area (Å²) in [5, 5.41) is 11.6. The normalized spacial score (nSPS) is 19.0. The van der Waals surface area contributed by atoms with E-state index in [1.165, 1.54) is 18.2 Å². The molecule has 0 bridgehead atoms. The lowest BCUT2D eigenvalue weighted by molar-refractivity contribution is -0.139. The number of rotatable bonds is 5. The van der Waals surface area contributed by atoms with Gasteiger partial charge >= 0.3 is 5.97 Å². The van der Waals surface area contributed by atoms with Crippen LogP contribution < -0.4 is 10.0 Å². The molecule has 8 heteroatoms. The van der Waals surface area contributed by atoms with Gasteiger partial charge in [0.1, 0.15) is 6.04 Å². The second-order valence-corrected chi connectivity index (χ2v) is 6.59. The summed E-state index contributed by atoms with van der Waals surface area (Å²) in [5.74, 6) is -1.85. The Morgan fingerprint density at radius 2 is 2.14 bits per heavy atom. The zero-order valence-electron chi connectivity index (χ0n) is 11.6. The van der Waals surface area contributed by atoms with E-state index in [9.17, 15) is 18.0 Å². The van der Waals surface area contributed by atoms with Gasteiger partial charge in [0.2, 0.25) is 15.9 Å². The summed E-state index contributed by atoms with van der Waals surface area (Å²) in [6, 6.07) is 3.07. The van der Waals surface area contributed by atoms with Gasteiger partial charge in [0, 0.05) is 5.69 Å². The van der Waals surface area contributed by atoms with Crippen LogP contribution in [0.5, 0.6) is 0 Å². The molecule has 0 spiro atoms. The fourth-order valence-electron chi connectivity index (χ4n) is 2.13. The molecule has 1 aliphatic heterocycles. The van der Waals surface area contributed by atoms with Crippen molar-refractivity contribution in [1.29, 1.82) is 0 Å². The number of anilines is 1. The average molecular weight is 312 g/mol. The number of carbonyl (C=O) groups is 2. The summed E-state index contributed by atoms with van der Waals surface area (Å²) in [5.41, 5.74) is 1.17. The van der Waals surface area contributed by atoms with E-state index in [0.717, 1.165) is 0 Å². The van der Waals surface area contributed by atoms with Crippen LogP contribution in [-0.4, -0.2) is 31.4 Å². The Morgan fingerprint density at radius 3 is 2.71 bits per heavy atom.